The van der Waals surface area contributed by atoms with E-state index in [0.717, 1.165) is 12.1 Å². The van der Waals surface area contributed by atoms with Crippen molar-refractivity contribution in [3.05, 3.63) is 29.8 Å². The number of anilines is 1. The zero-order chi connectivity index (χ0) is 12.7. The van der Waals surface area contributed by atoms with Crippen molar-refractivity contribution in [1.82, 2.24) is 5.32 Å². The van der Waals surface area contributed by atoms with Crippen LogP contribution in [0.2, 0.25) is 0 Å². The molecule has 0 radical (unpaired) electrons. The molecule has 92 valence electrons. The number of thiocarbonyl (C=S) groups is 1. The zero-order valence-corrected chi connectivity index (χ0v) is 10.8. The number of rotatable bonds is 3. The number of ether oxygens (including phenoxy) is 1. The summed E-state index contributed by atoms with van der Waals surface area (Å²) in [5.41, 5.74) is 2.09. The number of hydrogen-bond donors (Lipinski definition) is 2. The Labute approximate surface area is 106 Å². The molecule has 1 amide bonds. The van der Waals surface area contributed by atoms with E-state index in [1.54, 1.807) is 6.92 Å². The van der Waals surface area contributed by atoms with E-state index in [0.29, 0.717) is 6.61 Å². The van der Waals surface area contributed by atoms with Crippen LogP contribution in [0.15, 0.2) is 24.3 Å². The maximum Gasteiger partial charge on any atom is 0.413 e. The van der Waals surface area contributed by atoms with E-state index in [4.69, 9.17) is 17.0 Å². The first kappa shape index (κ1) is 13.4. The molecule has 0 spiro atoms. The minimum atomic E-state index is -0.546. The summed E-state index contributed by atoms with van der Waals surface area (Å²) in [5.74, 6) is 0. The second-order valence-corrected chi connectivity index (χ2v) is 3.76. The second-order valence-electron chi connectivity index (χ2n) is 3.35. The monoisotopic (exact) mass is 252 g/mol. The standard InChI is InChI=1S/C12H16N2O2S/c1-3-9-5-7-10(8-6-9)13-11(17)14-12(15)16-4-2/h5-8H,3-4H2,1-2H3,(H2,13,14,15,17). The first-order chi connectivity index (χ1) is 8.15. The molecule has 0 heterocycles. The van der Waals surface area contributed by atoms with Gasteiger partial charge in [-0.2, -0.15) is 0 Å². The molecule has 0 aliphatic rings. The Balaban J connectivity index is 2.47. The highest BCUT2D eigenvalue weighted by Crippen LogP contribution is 2.09. The normalized spacial score (nSPS) is 9.53. The summed E-state index contributed by atoms with van der Waals surface area (Å²) in [4.78, 5) is 11.1. The molecule has 1 rings (SSSR count). The van der Waals surface area contributed by atoms with Gasteiger partial charge in [0.2, 0.25) is 0 Å². The largest absolute Gasteiger partial charge is 0.450 e. The number of carbonyl (C=O) groups excluding carboxylic acids is 1. The maximum atomic E-state index is 11.1. The van der Waals surface area contributed by atoms with Crippen molar-refractivity contribution in [1.29, 1.82) is 0 Å². The fraction of sp³-hybridized carbons (Fsp3) is 0.333. The van der Waals surface area contributed by atoms with E-state index in [1.165, 1.54) is 5.56 Å². The Hall–Kier alpha value is -1.62. The minimum Gasteiger partial charge on any atom is -0.450 e. The lowest BCUT2D eigenvalue weighted by Crippen LogP contribution is -2.34. The molecule has 0 bridgehead atoms. The number of alkyl carbamates (subject to hydrolysis) is 1. The van der Waals surface area contributed by atoms with Gasteiger partial charge in [0.25, 0.3) is 0 Å². The van der Waals surface area contributed by atoms with Crippen LogP contribution in [0.4, 0.5) is 10.5 Å². The molecule has 0 aliphatic heterocycles. The molecule has 0 aliphatic carbocycles. The van der Waals surface area contributed by atoms with Gasteiger partial charge >= 0.3 is 6.09 Å². The number of nitrogens with one attached hydrogen (secondary N) is 2. The molecule has 0 saturated carbocycles. The number of aryl methyl sites for hydroxylation is 1. The molecule has 0 unspecified atom stereocenters. The molecule has 1 aromatic carbocycles. The van der Waals surface area contributed by atoms with Crippen LogP contribution in [0.5, 0.6) is 0 Å². The zero-order valence-electron chi connectivity index (χ0n) is 9.95. The summed E-state index contributed by atoms with van der Waals surface area (Å²) >= 11 is 4.96. The van der Waals surface area contributed by atoms with Gasteiger partial charge in [0, 0.05) is 5.69 Å². The van der Waals surface area contributed by atoms with Crippen molar-refractivity contribution in [2.45, 2.75) is 20.3 Å². The van der Waals surface area contributed by atoms with Gasteiger partial charge in [-0.15, -0.1) is 0 Å². The van der Waals surface area contributed by atoms with Crippen molar-refractivity contribution >= 4 is 29.1 Å². The Kier molecular flexibility index (Phi) is 5.42. The van der Waals surface area contributed by atoms with E-state index in [-0.39, 0.29) is 5.11 Å². The molecule has 17 heavy (non-hydrogen) atoms. The van der Waals surface area contributed by atoms with Gasteiger partial charge in [0.05, 0.1) is 6.61 Å². The molecule has 0 saturated heterocycles. The van der Waals surface area contributed by atoms with Gasteiger partial charge < -0.3 is 10.1 Å². The van der Waals surface area contributed by atoms with Crippen molar-refractivity contribution in [3.8, 4) is 0 Å². The Morgan fingerprint density at radius 1 is 1.29 bits per heavy atom. The molecular weight excluding hydrogens is 236 g/mol. The fourth-order valence-corrected chi connectivity index (χ4v) is 1.45. The molecule has 0 fully saturated rings. The third kappa shape index (κ3) is 4.82. The molecular formula is C12H16N2O2S. The molecule has 1 aromatic rings. The van der Waals surface area contributed by atoms with Crippen LogP contribution in [0.1, 0.15) is 19.4 Å². The number of carbonyl (C=O) groups is 1. The smallest absolute Gasteiger partial charge is 0.413 e. The average molecular weight is 252 g/mol. The maximum absolute atomic E-state index is 11.1. The SMILES string of the molecule is CCOC(=O)NC(=S)Nc1ccc(CC)cc1. The Morgan fingerprint density at radius 2 is 1.94 bits per heavy atom. The Morgan fingerprint density at radius 3 is 2.47 bits per heavy atom. The summed E-state index contributed by atoms with van der Waals surface area (Å²) in [5, 5.41) is 5.55. The first-order valence-electron chi connectivity index (χ1n) is 5.49. The topological polar surface area (TPSA) is 50.4 Å². The molecule has 0 atom stereocenters. The van der Waals surface area contributed by atoms with Crippen molar-refractivity contribution in [3.63, 3.8) is 0 Å². The number of benzene rings is 1. The molecule has 0 aromatic heterocycles. The lowest BCUT2D eigenvalue weighted by atomic mass is 10.1. The predicted octanol–water partition coefficient (Wildman–Crippen LogP) is 2.69. The van der Waals surface area contributed by atoms with Crippen LogP contribution in [0, 0.1) is 0 Å². The van der Waals surface area contributed by atoms with Crippen LogP contribution in [-0.2, 0) is 11.2 Å². The van der Waals surface area contributed by atoms with Crippen LogP contribution in [-0.4, -0.2) is 17.8 Å². The lowest BCUT2D eigenvalue weighted by molar-refractivity contribution is 0.158. The molecule has 2 N–H and O–H groups in total. The quantitative estimate of drug-likeness (QED) is 0.812. The molecule has 4 nitrogen and oxygen atoms in total. The van der Waals surface area contributed by atoms with Gasteiger partial charge in [-0.25, -0.2) is 4.79 Å². The highest BCUT2D eigenvalue weighted by molar-refractivity contribution is 7.80. The summed E-state index contributed by atoms with van der Waals surface area (Å²) in [6, 6.07) is 7.85. The van der Waals surface area contributed by atoms with E-state index >= 15 is 0 Å². The first-order valence-corrected chi connectivity index (χ1v) is 5.90. The van der Waals surface area contributed by atoms with Crippen LogP contribution in [0.25, 0.3) is 0 Å². The van der Waals surface area contributed by atoms with Crippen molar-refractivity contribution in [2.24, 2.45) is 0 Å². The highest BCUT2D eigenvalue weighted by atomic mass is 32.1. The van der Waals surface area contributed by atoms with Gasteiger partial charge in [0.15, 0.2) is 5.11 Å². The number of hydrogen-bond acceptors (Lipinski definition) is 3. The predicted molar refractivity (Wildman–Crippen MR) is 72.2 cm³/mol. The second kappa shape index (κ2) is 6.85. The third-order valence-corrected chi connectivity index (χ3v) is 2.32. The van der Waals surface area contributed by atoms with Crippen molar-refractivity contribution < 1.29 is 9.53 Å². The summed E-state index contributed by atoms with van der Waals surface area (Å²) in [6.07, 6.45) is 0.446. The highest BCUT2D eigenvalue weighted by Gasteiger charge is 2.04. The average Bonchev–Trinajstić information content (AvgIpc) is 2.30. The van der Waals surface area contributed by atoms with Gasteiger partial charge in [-0.1, -0.05) is 19.1 Å². The van der Waals surface area contributed by atoms with Gasteiger partial charge in [0.1, 0.15) is 0 Å². The lowest BCUT2D eigenvalue weighted by Gasteiger charge is -2.09. The third-order valence-electron chi connectivity index (χ3n) is 2.11. The summed E-state index contributed by atoms with van der Waals surface area (Å²) < 4.78 is 4.71. The summed E-state index contributed by atoms with van der Waals surface area (Å²) in [7, 11) is 0. The van der Waals surface area contributed by atoms with E-state index in [9.17, 15) is 4.79 Å². The Bertz CT molecular complexity index is 390. The fourth-order valence-electron chi connectivity index (χ4n) is 1.25. The summed E-state index contributed by atoms with van der Waals surface area (Å²) in [6.45, 7) is 4.15. The van der Waals surface area contributed by atoms with Crippen LogP contribution < -0.4 is 10.6 Å². The minimum absolute atomic E-state index is 0.229. The van der Waals surface area contributed by atoms with Gasteiger partial charge in [-0.3, -0.25) is 5.32 Å². The van der Waals surface area contributed by atoms with E-state index in [2.05, 4.69) is 17.6 Å². The van der Waals surface area contributed by atoms with E-state index < -0.39 is 6.09 Å². The molecule has 5 heteroatoms. The number of amides is 1. The van der Waals surface area contributed by atoms with Crippen LogP contribution >= 0.6 is 12.2 Å². The van der Waals surface area contributed by atoms with E-state index in [1.807, 2.05) is 24.3 Å². The van der Waals surface area contributed by atoms with Crippen molar-refractivity contribution in [2.75, 3.05) is 11.9 Å². The van der Waals surface area contributed by atoms with Crippen LogP contribution in [0.3, 0.4) is 0 Å². The van der Waals surface area contributed by atoms with Gasteiger partial charge in [-0.05, 0) is 43.3 Å².